The van der Waals surface area contributed by atoms with E-state index in [1.54, 1.807) is 6.92 Å². The van der Waals surface area contributed by atoms with Gasteiger partial charge in [0.1, 0.15) is 5.76 Å². The average Bonchev–Trinajstić information content (AvgIpc) is 3.21. The van der Waals surface area contributed by atoms with Gasteiger partial charge in [-0.15, -0.1) is 0 Å². The summed E-state index contributed by atoms with van der Waals surface area (Å²) in [6.45, 7) is 6.35. The number of aromatic nitrogens is 2. The molecule has 27 heavy (non-hydrogen) atoms. The molecular formula is C22H21N3O2. The van der Waals surface area contributed by atoms with Gasteiger partial charge in [-0.3, -0.25) is 4.79 Å². The van der Waals surface area contributed by atoms with Gasteiger partial charge in [-0.05, 0) is 56.2 Å². The molecule has 1 amide bonds. The predicted octanol–water partition coefficient (Wildman–Crippen LogP) is 4.68. The fourth-order valence-electron chi connectivity index (χ4n) is 3.20. The Morgan fingerprint density at radius 2 is 1.89 bits per heavy atom. The van der Waals surface area contributed by atoms with E-state index in [-0.39, 0.29) is 5.91 Å². The molecule has 2 aromatic heterocycles. The third kappa shape index (κ3) is 3.24. The van der Waals surface area contributed by atoms with Gasteiger partial charge in [-0.1, -0.05) is 24.3 Å². The van der Waals surface area contributed by atoms with Gasteiger partial charge >= 0.3 is 0 Å². The van der Waals surface area contributed by atoms with Crippen LogP contribution >= 0.6 is 0 Å². The van der Waals surface area contributed by atoms with Crippen LogP contribution in [0.15, 0.2) is 52.9 Å². The molecule has 5 heteroatoms. The van der Waals surface area contributed by atoms with Crippen molar-refractivity contribution < 1.29 is 9.21 Å². The molecular weight excluding hydrogens is 338 g/mol. The van der Waals surface area contributed by atoms with Gasteiger partial charge in [0.2, 0.25) is 5.89 Å². The lowest BCUT2D eigenvalue weighted by atomic mass is 10.1. The van der Waals surface area contributed by atoms with Crippen LogP contribution in [0, 0.1) is 20.8 Å². The predicted molar refractivity (Wildman–Crippen MR) is 106 cm³/mol. The molecule has 0 unspecified atom stereocenters. The Morgan fingerprint density at radius 1 is 1.11 bits per heavy atom. The first-order chi connectivity index (χ1) is 13.0. The molecule has 0 aliphatic carbocycles. The van der Waals surface area contributed by atoms with E-state index in [2.05, 4.69) is 35.2 Å². The first-order valence-electron chi connectivity index (χ1n) is 8.92. The van der Waals surface area contributed by atoms with Crippen molar-refractivity contribution in [3.8, 4) is 11.5 Å². The van der Waals surface area contributed by atoms with Gasteiger partial charge in [0.05, 0.1) is 0 Å². The van der Waals surface area contributed by atoms with Gasteiger partial charge in [-0.2, -0.15) is 0 Å². The number of amides is 1. The van der Waals surface area contributed by atoms with Gasteiger partial charge in [-0.25, -0.2) is 4.98 Å². The number of carbonyl (C=O) groups excluding carboxylic acids is 1. The molecule has 2 heterocycles. The summed E-state index contributed by atoms with van der Waals surface area (Å²) < 4.78 is 5.67. The zero-order valence-electron chi connectivity index (χ0n) is 15.6. The zero-order chi connectivity index (χ0) is 19.0. The topological polar surface area (TPSA) is 70.9 Å². The summed E-state index contributed by atoms with van der Waals surface area (Å²) in [6, 6.07) is 15.7. The number of aryl methyl sites for hydroxylation is 3. The number of rotatable bonds is 4. The molecule has 0 fully saturated rings. The minimum Gasteiger partial charge on any atom is -0.441 e. The molecule has 5 nitrogen and oxygen atoms in total. The molecule has 0 spiro atoms. The fourth-order valence-corrected chi connectivity index (χ4v) is 3.20. The number of hydrogen-bond donors (Lipinski definition) is 2. The molecule has 2 aromatic carbocycles. The fraction of sp³-hybridized carbons (Fsp3) is 0.182. The Kier molecular flexibility index (Phi) is 4.28. The number of nitrogens with one attached hydrogen (secondary N) is 2. The summed E-state index contributed by atoms with van der Waals surface area (Å²) in [5.41, 5.74) is 5.73. The van der Waals surface area contributed by atoms with Crippen molar-refractivity contribution >= 4 is 16.8 Å². The molecule has 0 bridgehead atoms. The molecule has 0 aliphatic heterocycles. The highest BCUT2D eigenvalue weighted by Gasteiger charge is 2.18. The lowest BCUT2D eigenvalue weighted by Crippen LogP contribution is -2.23. The van der Waals surface area contributed by atoms with Crippen LogP contribution in [-0.2, 0) is 6.54 Å². The molecule has 0 saturated heterocycles. The van der Waals surface area contributed by atoms with E-state index >= 15 is 0 Å². The largest absolute Gasteiger partial charge is 0.441 e. The first kappa shape index (κ1) is 17.1. The van der Waals surface area contributed by atoms with E-state index < -0.39 is 0 Å². The lowest BCUT2D eigenvalue weighted by molar-refractivity contribution is 0.0945. The molecule has 0 radical (unpaired) electrons. The Labute approximate surface area is 157 Å². The van der Waals surface area contributed by atoms with Gasteiger partial charge in [0.25, 0.3) is 5.91 Å². The molecule has 2 N–H and O–H groups in total. The maximum Gasteiger partial charge on any atom is 0.273 e. The molecule has 0 atom stereocenters. The van der Waals surface area contributed by atoms with Crippen LogP contribution in [-0.4, -0.2) is 15.9 Å². The van der Waals surface area contributed by atoms with Crippen LogP contribution in [0.25, 0.3) is 22.4 Å². The van der Waals surface area contributed by atoms with Gasteiger partial charge < -0.3 is 14.7 Å². The van der Waals surface area contributed by atoms with Gasteiger partial charge in [0, 0.05) is 28.7 Å². The summed E-state index contributed by atoms with van der Waals surface area (Å²) in [5, 5.41) is 4.12. The zero-order valence-corrected chi connectivity index (χ0v) is 15.6. The summed E-state index contributed by atoms with van der Waals surface area (Å²) in [4.78, 5) is 20.3. The average molecular weight is 359 g/mol. The number of nitrogens with zero attached hydrogens (tertiary/aromatic N) is 1. The van der Waals surface area contributed by atoms with Crippen molar-refractivity contribution in [3.05, 3.63) is 76.8 Å². The summed E-state index contributed by atoms with van der Waals surface area (Å²) >= 11 is 0. The van der Waals surface area contributed by atoms with Crippen LogP contribution in [0.3, 0.4) is 0 Å². The standard InChI is InChI=1S/C22H21N3O2/c1-13-14(2)24-19-10-9-16(11-18(13)19)12-23-21(26)20-15(3)27-22(25-20)17-7-5-4-6-8-17/h4-11,24H,12H2,1-3H3,(H,23,26). The maximum absolute atomic E-state index is 12.6. The Bertz CT molecular complexity index is 1120. The first-order valence-corrected chi connectivity index (χ1v) is 8.92. The summed E-state index contributed by atoms with van der Waals surface area (Å²) in [6.07, 6.45) is 0. The lowest BCUT2D eigenvalue weighted by Gasteiger charge is -2.04. The van der Waals surface area contributed by atoms with Crippen LogP contribution in [0.5, 0.6) is 0 Å². The minimum absolute atomic E-state index is 0.236. The maximum atomic E-state index is 12.6. The number of benzene rings is 2. The number of H-pyrrole nitrogens is 1. The minimum atomic E-state index is -0.236. The van der Waals surface area contributed by atoms with Crippen molar-refractivity contribution in [3.63, 3.8) is 0 Å². The second-order valence-corrected chi connectivity index (χ2v) is 6.73. The Morgan fingerprint density at radius 3 is 2.67 bits per heavy atom. The van der Waals surface area contributed by atoms with Crippen molar-refractivity contribution in [2.24, 2.45) is 0 Å². The number of aromatic amines is 1. The Hall–Kier alpha value is -3.34. The SMILES string of the molecule is Cc1[nH]c2ccc(CNC(=O)c3nc(-c4ccccc4)oc3C)cc2c1C. The summed E-state index contributed by atoms with van der Waals surface area (Å²) in [5.74, 6) is 0.734. The molecule has 0 saturated carbocycles. The molecule has 4 aromatic rings. The van der Waals surface area contributed by atoms with Crippen molar-refractivity contribution in [1.82, 2.24) is 15.3 Å². The molecule has 0 aliphatic rings. The van der Waals surface area contributed by atoms with E-state index in [1.807, 2.05) is 42.5 Å². The van der Waals surface area contributed by atoms with Crippen LogP contribution in [0.2, 0.25) is 0 Å². The van der Waals surface area contributed by atoms with Crippen LogP contribution in [0.4, 0.5) is 0 Å². The second kappa shape index (κ2) is 6.76. The quantitative estimate of drug-likeness (QED) is 0.556. The van der Waals surface area contributed by atoms with E-state index in [4.69, 9.17) is 4.42 Å². The van der Waals surface area contributed by atoms with Crippen LogP contribution < -0.4 is 5.32 Å². The normalized spacial score (nSPS) is 11.1. The third-order valence-corrected chi connectivity index (χ3v) is 4.86. The van der Waals surface area contributed by atoms with E-state index in [0.29, 0.717) is 23.9 Å². The molecule has 136 valence electrons. The van der Waals surface area contributed by atoms with E-state index in [0.717, 1.165) is 22.3 Å². The highest BCUT2D eigenvalue weighted by Crippen LogP contribution is 2.23. The number of hydrogen-bond acceptors (Lipinski definition) is 3. The van der Waals surface area contributed by atoms with Crippen LogP contribution in [0.1, 0.15) is 33.1 Å². The van der Waals surface area contributed by atoms with Gasteiger partial charge in [0.15, 0.2) is 5.69 Å². The van der Waals surface area contributed by atoms with E-state index in [1.165, 1.54) is 10.9 Å². The Balaban J connectivity index is 1.51. The molecule has 4 rings (SSSR count). The third-order valence-electron chi connectivity index (χ3n) is 4.86. The van der Waals surface area contributed by atoms with Crippen molar-refractivity contribution in [1.29, 1.82) is 0 Å². The van der Waals surface area contributed by atoms with Crippen molar-refractivity contribution in [2.75, 3.05) is 0 Å². The van der Waals surface area contributed by atoms with E-state index in [9.17, 15) is 4.79 Å². The highest BCUT2D eigenvalue weighted by atomic mass is 16.4. The smallest absolute Gasteiger partial charge is 0.273 e. The highest BCUT2D eigenvalue weighted by molar-refractivity contribution is 5.93. The number of fused-ring (bicyclic) bond motifs is 1. The summed E-state index contributed by atoms with van der Waals surface area (Å²) in [7, 11) is 0. The van der Waals surface area contributed by atoms with Crippen molar-refractivity contribution in [2.45, 2.75) is 27.3 Å². The second-order valence-electron chi connectivity index (χ2n) is 6.73. The number of carbonyl (C=O) groups is 1. The monoisotopic (exact) mass is 359 g/mol. The number of oxazole rings is 1.